The third-order valence-electron chi connectivity index (χ3n) is 2.49. The summed E-state index contributed by atoms with van der Waals surface area (Å²) in [6.07, 6.45) is 1.58. The van der Waals surface area contributed by atoms with Crippen molar-refractivity contribution < 1.29 is 18.3 Å². The van der Waals surface area contributed by atoms with E-state index < -0.39 is 10.0 Å². The van der Waals surface area contributed by atoms with Crippen molar-refractivity contribution in [2.24, 2.45) is 0 Å². The Bertz CT molecular complexity index is 567. The average Bonchev–Trinajstić information content (AvgIpc) is 3.04. The number of nitrogens with one attached hydrogen (secondary N) is 1. The molecule has 0 bridgehead atoms. The van der Waals surface area contributed by atoms with Gasteiger partial charge in [-0.3, -0.25) is 4.79 Å². The normalized spacial score (nSPS) is 15.7. The largest absolute Gasteiger partial charge is 0.395 e. The maximum atomic E-state index is 12.3. The molecule has 1 aliphatic carbocycles. The SMILES string of the molecule is CC(=O)Nc1nnc(S(=O)(=O)N(CCO)C2CC2)s1. The highest BCUT2D eigenvalue weighted by molar-refractivity contribution is 7.91. The second-order valence-corrected chi connectivity index (χ2v) is 7.17. The maximum absolute atomic E-state index is 12.3. The first-order chi connectivity index (χ1) is 8.95. The van der Waals surface area contributed by atoms with E-state index in [0.717, 1.165) is 24.2 Å². The molecule has 19 heavy (non-hydrogen) atoms. The van der Waals surface area contributed by atoms with E-state index in [4.69, 9.17) is 5.11 Å². The lowest BCUT2D eigenvalue weighted by atomic mass is 10.6. The topological polar surface area (TPSA) is 112 Å². The number of hydrogen-bond donors (Lipinski definition) is 2. The van der Waals surface area contributed by atoms with Gasteiger partial charge < -0.3 is 10.4 Å². The van der Waals surface area contributed by atoms with Crippen LogP contribution >= 0.6 is 11.3 Å². The molecule has 1 heterocycles. The highest BCUT2D eigenvalue weighted by atomic mass is 32.2. The molecule has 106 valence electrons. The van der Waals surface area contributed by atoms with Gasteiger partial charge in [0.15, 0.2) is 0 Å². The minimum absolute atomic E-state index is 0.0437. The average molecular weight is 306 g/mol. The Kier molecular flexibility index (Phi) is 4.13. The lowest BCUT2D eigenvalue weighted by Gasteiger charge is -2.18. The molecule has 0 radical (unpaired) electrons. The van der Waals surface area contributed by atoms with Crippen molar-refractivity contribution in [2.75, 3.05) is 18.5 Å². The molecular weight excluding hydrogens is 292 g/mol. The first kappa shape index (κ1) is 14.3. The van der Waals surface area contributed by atoms with E-state index >= 15 is 0 Å². The molecule has 2 rings (SSSR count). The number of nitrogens with zero attached hydrogens (tertiary/aromatic N) is 3. The molecule has 0 spiro atoms. The van der Waals surface area contributed by atoms with Gasteiger partial charge in [0.25, 0.3) is 10.0 Å². The Labute approximate surface area is 114 Å². The van der Waals surface area contributed by atoms with Crippen LogP contribution in [0.4, 0.5) is 5.13 Å². The zero-order valence-corrected chi connectivity index (χ0v) is 11.9. The van der Waals surface area contributed by atoms with Crippen molar-refractivity contribution in [1.29, 1.82) is 0 Å². The van der Waals surface area contributed by atoms with E-state index in [9.17, 15) is 13.2 Å². The summed E-state index contributed by atoms with van der Waals surface area (Å²) in [5.41, 5.74) is 0. The summed E-state index contributed by atoms with van der Waals surface area (Å²) in [5, 5.41) is 18.7. The van der Waals surface area contributed by atoms with Crippen LogP contribution < -0.4 is 5.32 Å². The van der Waals surface area contributed by atoms with E-state index in [-0.39, 0.29) is 34.6 Å². The number of rotatable bonds is 6. The van der Waals surface area contributed by atoms with E-state index in [1.807, 2.05) is 0 Å². The van der Waals surface area contributed by atoms with Gasteiger partial charge in [0.2, 0.25) is 15.4 Å². The van der Waals surface area contributed by atoms with Crippen LogP contribution in [0, 0.1) is 0 Å². The lowest BCUT2D eigenvalue weighted by molar-refractivity contribution is -0.114. The Balaban J connectivity index is 2.22. The molecule has 8 nitrogen and oxygen atoms in total. The Morgan fingerprint density at radius 2 is 2.21 bits per heavy atom. The van der Waals surface area contributed by atoms with Crippen LogP contribution in [0.25, 0.3) is 0 Å². The van der Waals surface area contributed by atoms with Crippen LogP contribution in [0.2, 0.25) is 0 Å². The van der Waals surface area contributed by atoms with Gasteiger partial charge in [-0.1, -0.05) is 11.3 Å². The van der Waals surface area contributed by atoms with E-state index in [2.05, 4.69) is 15.5 Å². The predicted octanol–water partition coefficient (Wildman–Crippen LogP) is -0.358. The number of amides is 1. The van der Waals surface area contributed by atoms with Crippen LogP contribution in [0.15, 0.2) is 4.34 Å². The van der Waals surface area contributed by atoms with Crippen LogP contribution in [-0.4, -0.2) is 53.1 Å². The van der Waals surface area contributed by atoms with Crippen LogP contribution in [0.3, 0.4) is 0 Å². The Hall–Kier alpha value is -1.10. The van der Waals surface area contributed by atoms with Gasteiger partial charge in [-0.25, -0.2) is 8.42 Å². The van der Waals surface area contributed by atoms with Crippen molar-refractivity contribution in [1.82, 2.24) is 14.5 Å². The van der Waals surface area contributed by atoms with Gasteiger partial charge >= 0.3 is 0 Å². The monoisotopic (exact) mass is 306 g/mol. The Morgan fingerprint density at radius 3 is 2.74 bits per heavy atom. The fraction of sp³-hybridized carbons (Fsp3) is 0.667. The van der Waals surface area contributed by atoms with Gasteiger partial charge in [-0.05, 0) is 12.8 Å². The molecule has 1 aromatic heterocycles. The summed E-state index contributed by atoms with van der Waals surface area (Å²) in [6.45, 7) is 1.10. The van der Waals surface area contributed by atoms with Crippen LogP contribution in [0.1, 0.15) is 19.8 Å². The van der Waals surface area contributed by atoms with Gasteiger partial charge in [0.05, 0.1) is 6.61 Å². The first-order valence-corrected chi connectivity index (χ1v) is 7.94. The number of hydrogen-bond acceptors (Lipinski definition) is 7. The number of sulfonamides is 1. The third-order valence-corrected chi connectivity index (χ3v) is 5.63. The highest BCUT2D eigenvalue weighted by Crippen LogP contribution is 2.33. The van der Waals surface area contributed by atoms with Crippen LogP contribution in [-0.2, 0) is 14.8 Å². The zero-order chi connectivity index (χ0) is 14.0. The van der Waals surface area contributed by atoms with Gasteiger partial charge in [-0.15, -0.1) is 10.2 Å². The quantitative estimate of drug-likeness (QED) is 0.694. The molecule has 2 N–H and O–H groups in total. The minimum atomic E-state index is -3.75. The summed E-state index contributed by atoms with van der Waals surface area (Å²) in [5.74, 6) is -0.338. The summed E-state index contributed by atoms with van der Waals surface area (Å²) >= 11 is 0.802. The van der Waals surface area contributed by atoms with Crippen molar-refractivity contribution in [2.45, 2.75) is 30.1 Å². The number of aliphatic hydroxyl groups is 1. The van der Waals surface area contributed by atoms with Gasteiger partial charge in [0.1, 0.15) is 0 Å². The molecule has 0 saturated heterocycles. The molecule has 1 fully saturated rings. The summed E-state index contributed by atoms with van der Waals surface area (Å²) in [4.78, 5) is 10.9. The molecule has 0 aromatic carbocycles. The van der Waals surface area contributed by atoms with E-state index in [1.165, 1.54) is 11.2 Å². The van der Waals surface area contributed by atoms with Crippen LogP contribution in [0.5, 0.6) is 0 Å². The molecule has 1 amide bonds. The first-order valence-electron chi connectivity index (χ1n) is 5.69. The van der Waals surface area contributed by atoms with Crippen molar-refractivity contribution in [3.05, 3.63) is 0 Å². The molecule has 0 atom stereocenters. The number of aromatic nitrogens is 2. The van der Waals surface area contributed by atoms with E-state index in [0.29, 0.717) is 0 Å². The van der Waals surface area contributed by atoms with Crippen molar-refractivity contribution in [3.8, 4) is 0 Å². The molecular formula is C9H14N4O4S2. The molecule has 0 unspecified atom stereocenters. The maximum Gasteiger partial charge on any atom is 0.272 e. The molecule has 0 aliphatic heterocycles. The van der Waals surface area contributed by atoms with E-state index in [1.54, 1.807) is 0 Å². The van der Waals surface area contributed by atoms with Gasteiger partial charge in [0, 0.05) is 19.5 Å². The standard InChI is InChI=1S/C9H14N4O4S2/c1-6(15)10-8-11-12-9(18-8)19(16,17)13(4-5-14)7-2-3-7/h7,14H,2-5H2,1H3,(H,10,11,15). The summed E-state index contributed by atoms with van der Waals surface area (Å²) in [6, 6.07) is -0.0646. The fourth-order valence-electron chi connectivity index (χ4n) is 1.58. The lowest BCUT2D eigenvalue weighted by Crippen LogP contribution is -2.35. The number of aliphatic hydroxyl groups excluding tert-OH is 1. The predicted molar refractivity (Wildman–Crippen MR) is 68.2 cm³/mol. The fourth-order valence-corrected chi connectivity index (χ4v) is 4.31. The molecule has 10 heteroatoms. The van der Waals surface area contributed by atoms with Gasteiger partial charge in [-0.2, -0.15) is 4.31 Å². The van der Waals surface area contributed by atoms with Crippen molar-refractivity contribution in [3.63, 3.8) is 0 Å². The third kappa shape index (κ3) is 3.26. The number of carbonyl (C=O) groups is 1. The number of anilines is 1. The number of carbonyl (C=O) groups excluding carboxylic acids is 1. The smallest absolute Gasteiger partial charge is 0.272 e. The minimum Gasteiger partial charge on any atom is -0.395 e. The van der Waals surface area contributed by atoms with Crippen molar-refractivity contribution >= 4 is 32.4 Å². The Morgan fingerprint density at radius 1 is 1.53 bits per heavy atom. The zero-order valence-electron chi connectivity index (χ0n) is 10.2. The molecule has 1 saturated carbocycles. The second-order valence-electron chi connectivity index (χ2n) is 4.12. The molecule has 1 aliphatic rings. The highest BCUT2D eigenvalue weighted by Gasteiger charge is 2.39. The summed E-state index contributed by atoms with van der Waals surface area (Å²) in [7, 11) is -3.75. The summed E-state index contributed by atoms with van der Waals surface area (Å²) < 4.78 is 25.7. The second kappa shape index (κ2) is 5.49. The molecule has 1 aromatic rings.